The van der Waals surface area contributed by atoms with E-state index in [1.165, 1.54) is 14.9 Å². The summed E-state index contributed by atoms with van der Waals surface area (Å²) in [5.41, 5.74) is 3.31. The molecule has 2 aliphatic rings. The number of nitrogens with one attached hydrogen (secondary N) is 1. The quantitative estimate of drug-likeness (QED) is 0.466. The zero-order chi connectivity index (χ0) is 21.7. The number of benzene rings is 1. The highest BCUT2D eigenvalue weighted by molar-refractivity contribution is 5.88. The monoisotopic (exact) mass is 420 g/mol. The van der Waals surface area contributed by atoms with Gasteiger partial charge in [0.15, 0.2) is 0 Å². The maximum Gasteiger partial charge on any atom is 0.407 e. The molecule has 1 aromatic carbocycles. The molecule has 3 rings (SSSR count). The van der Waals surface area contributed by atoms with Gasteiger partial charge in [-0.25, -0.2) is 15.1 Å². The molecule has 30 heavy (non-hydrogen) atoms. The first-order chi connectivity index (χ1) is 14.4. The maximum atomic E-state index is 12.7. The predicted octanol–water partition coefficient (Wildman–Crippen LogP) is 1.82. The molecule has 1 aromatic rings. The van der Waals surface area contributed by atoms with Crippen LogP contribution in [-0.2, 0) is 21.1 Å². The number of amides is 4. The third kappa shape index (κ3) is 5.00. The average molecular weight is 420 g/mol. The SMILES string of the molecule is CC(C)N(CCONC(=O)[C@@H]1CC[C@@H]2CN1C(=O)N2OCc1ccccc1)C(=O)O. The van der Waals surface area contributed by atoms with Gasteiger partial charge in [-0.3, -0.25) is 14.5 Å². The Morgan fingerprint density at radius 2 is 2.00 bits per heavy atom. The Kier molecular flexibility index (Phi) is 7.11. The molecule has 2 N–H and O–H groups in total. The number of carboxylic acid groups (broad SMARTS) is 1. The standard InChI is InChI=1S/C20H28N4O6/c1-14(2)22(20(27)28)10-11-29-21-18(25)17-9-8-16-12-23(17)19(26)24(16)30-13-15-6-4-3-5-7-15/h3-7,14,16-17H,8-13H2,1-2H3,(H,21,25)(H,27,28)/t16-,17+/m1/s1. The highest BCUT2D eigenvalue weighted by atomic mass is 16.7. The number of piperidine rings is 1. The van der Waals surface area contributed by atoms with E-state index in [-0.39, 0.29) is 37.9 Å². The molecule has 2 saturated heterocycles. The number of nitrogens with zero attached hydrogens (tertiary/aromatic N) is 3. The van der Waals surface area contributed by atoms with E-state index in [1.54, 1.807) is 13.8 Å². The van der Waals surface area contributed by atoms with Gasteiger partial charge in [0, 0.05) is 12.6 Å². The van der Waals surface area contributed by atoms with Gasteiger partial charge in [0.25, 0.3) is 5.91 Å². The summed E-state index contributed by atoms with van der Waals surface area (Å²) in [6, 6.07) is 8.33. The third-order valence-electron chi connectivity index (χ3n) is 5.31. The highest BCUT2D eigenvalue weighted by Gasteiger charge is 2.48. The number of hydrogen-bond donors (Lipinski definition) is 2. The van der Waals surface area contributed by atoms with E-state index in [4.69, 9.17) is 14.8 Å². The number of hydroxylamine groups is 3. The zero-order valence-electron chi connectivity index (χ0n) is 17.2. The molecule has 0 saturated carbocycles. The lowest BCUT2D eigenvalue weighted by molar-refractivity contribution is -0.141. The van der Waals surface area contributed by atoms with Crippen molar-refractivity contribution in [2.45, 2.75) is 51.4 Å². The summed E-state index contributed by atoms with van der Waals surface area (Å²) >= 11 is 0. The molecule has 0 aliphatic carbocycles. The minimum atomic E-state index is -1.04. The summed E-state index contributed by atoms with van der Waals surface area (Å²) in [6.07, 6.45) is 0.107. The van der Waals surface area contributed by atoms with Crippen LogP contribution in [0.5, 0.6) is 0 Å². The molecular formula is C20H28N4O6. The fourth-order valence-electron chi connectivity index (χ4n) is 3.70. The van der Waals surface area contributed by atoms with Gasteiger partial charge in [-0.2, -0.15) is 5.06 Å². The van der Waals surface area contributed by atoms with Crippen LogP contribution in [0.1, 0.15) is 32.3 Å². The van der Waals surface area contributed by atoms with Crippen LogP contribution in [0.15, 0.2) is 30.3 Å². The summed E-state index contributed by atoms with van der Waals surface area (Å²) < 4.78 is 0. The van der Waals surface area contributed by atoms with Crippen LogP contribution in [0.3, 0.4) is 0 Å². The predicted molar refractivity (Wildman–Crippen MR) is 106 cm³/mol. The Labute approximate surface area is 175 Å². The van der Waals surface area contributed by atoms with Crippen molar-refractivity contribution in [2.24, 2.45) is 0 Å². The molecule has 10 heteroatoms. The number of rotatable bonds is 9. The fraction of sp³-hybridized carbons (Fsp3) is 0.550. The van der Waals surface area contributed by atoms with Gasteiger partial charge in [0.1, 0.15) is 12.6 Å². The van der Waals surface area contributed by atoms with Crippen molar-refractivity contribution in [1.29, 1.82) is 0 Å². The van der Waals surface area contributed by atoms with Crippen molar-refractivity contribution >= 4 is 18.0 Å². The fourth-order valence-corrected chi connectivity index (χ4v) is 3.70. The van der Waals surface area contributed by atoms with Gasteiger partial charge in [-0.15, -0.1) is 0 Å². The van der Waals surface area contributed by atoms with Crippen molar-refractivity contribution < 1.29 is 29.2 Å². The number of carbonyl (C=O) groups is 3. The number of carbonyl (C=O) groups excluding carboxylic acids is 2. The molecule has 2 aliphatic heterocycles. The summed E-state index contributed by atoms with van der Waals surface area (Å²) in [4.78, 5) is 50.0. The van der Waals surface area contributed by atoms with Gasteiger partial charge < -0.3 is 14.9 Å². The van der Waals surface area contributed by atoms with E-state index in [2.05, 4.69) is 5.48 Å². The van der Waals surface area contributed by atoms with Crippen molar-refractivity contribution in [2.75, 3.05) is 19.7 Å². The largest absolute Gasteiger partial charge is 0.465 e. The smallest absolute Gasteiger partial charge is 0.407 e. The van der Waals surface area contributed by atoms with Crippen molar-refractivity contribution in [3.8, 4) is 0 Å². The van der Waals surface area contributed by atoms with E-state index < -0.39 is 18.0 Å². The Balaban J connectivity index is 1.47. The van der Waals surface area contributed by atoms with Crippen LogP contribution in [0.4, 0.5) is 9.59 Å². The van der Waals surface area contributed by atoms with Gasteiger partial charge in [-0.1, -0.05) is 30.3 Å². The Morgan fingerprint density at radius 1 is 1.27 bits per heavy atom. The van der Waals surface area contributed by atoms with Crippen molar-refractivity contribution in [1.82, 2.24) is 20.3 Å². The second-order valence-electron chi connectivity index (χ2n) is 7.65. The molecule has 0 radical (unpaired) electrons. The highest BCUT2D eigenvalue weighted by Crippen LogP contribution is 2.30. The van der Waals surface area contributed by atoms with Crippen LogP contribution < -0.4 is 5.48 Å². The second kappa shape index (κ2) is 9.77. The average Bonchev–Trinajstić information content (AvgIpc) is 2.96. The van der Waals surface area contributed by atoms with Gasteiger partial charge >= 0.3 is 12.1 Å². The zero-order valence-corrected chi connectivity index (χ0v) is 17.2. The van der Waals surface area contributed by atoms with E-state index >= 15 is 0 Å². The van der Waals surface area contributed by atoms with E-state index in [1.807, 2.05) is 30.3 Å². The number of fused-ring (bicyclic) bond motifs is 2. The molecule has 164 valence electrons. The van der Waals surface area contributed by atoms with Crippen LogP contribution in [0.2, 0.25) is 0 Å². The lowest BCUT2D eigenvalue weighted by atomic mass is 10.0. The lowest BCUT2D eigenvalue weighted by Gasteiger charge is -2.29. The minimum absolute atomic E-state index is 0.0197. The molecule has 2 bridgehead atoms. The second-order valence-corrected chi connectivity index (χ2v) is 7.65. The Hall–Kier alpha value is -2.85. The summed E-state index contributed by atoms with van der Waals surface area (Å²) in [5.74, 6) is -0.418. The van der Waals surface area contributed by atoms with E-state index in [0.717, 1.165) is 5.56 Å². The van der Waals surface area contributed by atoms with Crippen LogP contribution in [0, 0.1) is 0 Å². The third-order valence-corrected chi connectivity index (χ3v) is 5.31. The molecule has 2 heterocycles. The summed E-state index contributed by atoms with van der Waals surface area (Å²) in [7, 11) is 0. The lowest BCUT2D eigenvalue weighted by Crippen LogP contribution is -2.50. The molecule has 2 fully saturated rings. The molecule has 0 unspecified atom stereocenters. The van der Waals surface area contributed by atoms with E-state index in [9.17, 15) is 14.4 Å². The van der Waals surface area contributed by atoms with Crippen LogP contribution in [0.25, 0.3) is 0 Å². The molecular weight excluding hydrogens is 392 g/mol. The first-order valence-corrected chi connectivity index (χ1v) is 10.1. The normalized spacial score (nSPS) is 20.6. The number of hydrogen-bond acceptors (Lipinski definition) is 5. The minimum Gasteiger partial charge on any atom is -0.465 e. The number of urea groups is 1. The Bertz CT molecular complexity index is 759. The summed E-state index contributed by atoms with van der Waals surface area (Å²) in [6.45, 7) is 4.37. The van der Waals surface area contributed by atoms with Crippen molar-refractivity contribution in [3.05, 3.63) is 35.9 Å². The first-order valence-electron chi connectivity index (χ1n) is 10.1. The molecule has 0 aromatic heterocycles. The van der Waals surface area contributed by atoms with Crippen LogP contribution >= 0.6 is 0 Å². The van der Waals surface area contributed by atoms with Crippen molar-refractivity contribution in [3.63, 3.8) is 0 Å². The Morgan fingerprint density at radius 3 is 2.67 bits per heavy atom. The van der Waals surface area contributed by atoms with Gasteiger partial charge in [0.05, 0.1) is 19.2 Å². The summed E-state index contributed by atoms with van der Waals surface area (Å²) in [5, 5.41) is 10.5. The molecule has 2 atom stereocenters. The van der Waals surface area contributed by atoms with Gasteiger partial charge in [0.2, 0.25) is 0 Å². The topological polar surface area (TPSA) is 112 Å². The molecule has 10 nitrogen and oxygen atoms in total. The maximum absolute atomic E-state index is 12.7. The molecule has 0 spiro atoms. The van der Waals surface area contributed by atoms with Gasteiger partial charge in [-0.05, 0) is 32.3 Å². The van der Waals surface area contributed by atoms with Crippen LogP contribution in [-0.4, -0.2) is 75.8 Å². The molecule has 4 amide bonds. The first kappa shape index (κ1) is 21.8. The van der Waals surface area contributed by atoms with E-state index in [0.29, 0.717) is 19.4 Å².